The first kappa shape index (κ1) is 21.9. The molecule has 0 aliphatic heterocycles. The zero-order valence-corrected chi connectivity index (χ0v) is 18.2. The quantitative estimate of drug-likeness (QED) is 0.348. The summed E-state index contributed by atoms with van der Waals surface area (Å²) in [6.07, 6.45) is 1.72. The highest BCUT2D eigenvalue weighted by Gasteiger charge is 2.21. The van der Waals surface area contributed by atoms with Crippen LogP contribution < -0.4 is 19.8 Å². The number of hydrogen-bond acceptors (Lipinski definition) is 5. The van der Waals surface area contributed by atoms with Gasteiger partial charge in [0.15, 0.2) is 17.3 Å². The summed E-state index contributed by atoms with van der Waals surface area (Å²) in [6.45, 7) is 3.55. The van der Waals surface area contributed by atoms with E-state index in [9.17, 15) is 9.59 Å². The van der Waals surface area contributed by atoms with Crippen molar-refractivity contribution in [1.29, 1.82) is 0 Å². The number of ether oxygens (including phenoxy) is 3. The molecule has 1 aromatic heterocycles. The molecule has 0 unspecified atom stereocenters. The first-order valence-electron chi connectivity index (χ1n) is 9.72. The maximum atomic E-state index is 13.6. The lowest BCUT2D eigenvalue weighted by Crippen LogP contribution is -2.21. The van der Waals surface area contributed by atoms with E-state index in [0.29, 0.717) is 45.2 Å². The average Bonchev–Trinajstić information content (AvgIpc) is 2.76. The van der Waals surface area contributed by atoms with Gasteiger partial charge in [-0.2, -0.15) is 0 Å². The minimum absolute atomic E-state index is 0.119. The maximum Gasteiger partial charge on any atom is 0.259 e. The molecule has 31 heavy (non-hydrogen) atoms. The molecule has 0 bridgehead atoms. The molecule has 3 aromatic rings. The number of Topliss-reactive ketones (excluding diaryl/α,β-unsaturated/α-hetero) is 1. The highest BCUT2D eigenvalue weighted by molar-refractivity contribution is 6.32. The van der Waals surface area contributed by atoms with Gasteiger partial charge in [0.2, 0.25) is 5.75 Å². The van der Waals surface area contributed by atoms with Crippen molar-refractivity contribution in [3.05, 3.63) is 86.8 Å². The highest BCUT2D eigenvalue weighted by atomic mass is 16.5. The molecular formula is C25H25NO5. The third-order valence-electron chi connectivity index (χ3n) is 4.92. The Morgan fingerprint density at radius 1 is 0.903 bits per heavy atom. The van der Waals surface area contributed by atoms with Crippen molar-refractivity contribution in [2.75, 3.05) is 21.3 Å². The number of carbonyl (C=O) groups is 1. The van der Waals surface area contributed by atoms with Gasteiger partial charge in [0.05, 0.1) is 26.9 Å². The molecule has 0 radical (unpaired) electrons. The first-order chi connectivity index (χ1) is 14.9. The summed E-state index contributed by atoms with van der Waals surface area (Å²) in [5.74, 6) is 1.04. The van der Waals surface area contributed by atoms with E-state index in [1.807, 2.05) is 30.3 Å². The normalized spacial score (nSPS) is 11.2. The van der Waals surface area contributed by atoms with Crippen molar-refractivity contribution in [3.8, 4) is 17.2 Å². The summed E-state index contributed by atoms with van der Waals surface area (Å²) in [6, 6.07) is 14.5. The van der Waals surface area contributed by atoms with Crippen LogP contribution in [0.15, 0.2) is 53.3 Å². The van der Waals surface area contributed by atoms with Crippen LogP contribution in [0.5, 0.6) is 17.2 Å². The third-order valence-corrected chi connectivity index (χ3v) is 4.92. The smallest absolute Gasteiger partial charge is 0.259 e. The lowest BCUT2D eigenvalue weighted by Gasteiger charge is -2.14. The first-order valence-corrected chi connectivity index (χ1v) is 9.72. The Hall–Kier alpha value is -3.80. The largest absolute Gasteiger partial charge is 0.493 e. The fourth-order valence-corrected chi connectivity index (χ4v) is 3.52. The monoisotopic (exact) mass is 419 g/mol. The molecule has 0 amide bonds. The third kappa shape index (κ3) is 4.53. The van der Waals surface area contributed by atoms with Gasteiger partial charge in [-0.05, 0) is 54.8 Å². The van der Waals surface area contributed by atoms with Gasteiger partial charge in [0.1, 0.15) is 0 Å². The van der Waals surface area contributed by atoms with Crippen LogP contribution in [0.25, 0.3) is 11.6 Å². The summed E-state index contributed by atoms with van der Waals surface area (Å²) in [5.41, 5.74) is 2.78. The number of pyridine rings is 1. The Labute approximate surface area is 181 Å². The van der Waals surface area contributed by atoms with Crippen LogP contribution in [0.4, 0.5) is 0 Å². The molecule has 1 N–H and O–H groups in total. The van der Waals surface area contributed by atoms with Gasteiger partial charge in [-0.25, -0.2) is 0 Å². The minimum atomic E-state index is -0.408. The molecule has 0 aliphatic rings. The summed E-state index contributed by atoms with van der Waals surface area (Å²) in [5, 5.41) is 0. The lowest BCUT2D eigenvalue weighted by atomic mass is 9.93. The van der Waals surface area contributed by atoms with E-state index in [4.69, 9.17) is 14.2 Å². The number of H-pyrrole nitrogens is 1. The highest BCUT2D eigenvalue weighted by Crippen LogP contribution is 2.39. The van der Waals surface area contributed by atoms with E-state index in [2.05, 4.69) is 4.98 Å². The molecule has 160 valence electrons. The van der Waals surface area contributed by atoms with E-state index in [-0.39, 0.29) is 11.3 Å². The molecule has 0 fully saturated rings. The van der Waals surface area contributed by atoms with Crippen LogP contribution in [-0.2, 0) is 0 Å². The van der Waals surface area contributed by atoms with E-state index in [1.54, 1.807) is 38.1 Å². The van der Waals surface area contributed by atoms with Crippen molar-refractivity contribution >= 4 is 17.4 Å². The molecular weight excluding hydrogens is 394 g/mol. The Kier molecular flexibility index (Phi) is 6.60. The van der Waals surface area contributed by atoms with Crippen molar-refractivity contribution in [2.45, 2.75) is 13.8 Å². The Bertz CT molecular complexity index is 1170. The Morgan fingerprint density at radius 3 is 2.03 bits per heavy atom. The van der Waals surface area contributed by atoms with Gasteiger partial charge in [-0.1, -0.05) is 30.3 Å². The molecule has 0 aliphatic carbocycles. The van der Waals surface area contributed by atoms with Crippen molar-refractivity contribution in [1.82, 2.24) is 4.98 Å². The molecule has 6 heteroatoms. The fraction of sp³-hybridized carbons (Fsp3) is 0.200. The predicted octanol–water partition coefficient (Wildman–Crippen LogP) is 4.44. The second-order valence-corrected chi connectivity index (χ2v) is 7.05. The number of aromatic nitrogens is 1. The maximum absolute atomic E-state index is 13.6. The number of ketones is 1. The predicted molar refractivity (Wildman–Crippen MR) is 121 cm³/mol. The van der Waals surface area contributed by atoms with E-state index in [1.165, 1.54) is 21.3 Å². The number of aromatic amines is 1. The zero-order chi connectivity index (χ0) is 22.5. The van der Waals surface area contributed by atoms with Crippen LogP contribution in [0, 0.1) is 13.8 Å². The van der Waals surface area contributed by atoms with Crippen molar-refractivity contribution in [2.24, 2.45) is 0 Å². The molecule has 0 atom stereocenters. The van der Waals surface area contributed by atoms with E-state index in [0.717, 1.165) is 0 Å². The summed E-state index contributed by atoms with van der Waals surface area (Å²) in [7, 11) is 4.59. The summed E-state index contributed by atoms with van der Waals surface area (Å²) < 4.78 is 16.2. The number of aryl methyl sites for hydroxylation is 2. The lowest BCUT2D eigenvalue weighted by molar-refractivity contribution is 0.105. The standard InChI is InChI=1S/C25H25NO5/c1-15-11-16(2)26-25(28)22(15)23(27)19(18-9-7-6-8-10-18)12-17-13-20(29-3)24(31-5)21(14-17)30-4/h6-14H,1-5H3,(H,26,28)/b19-12+. The number of carbonyl (C=O) groups excluding carboxylic acids is 1. The number of allylic oxidation sites excluding steroid dienone is 1. The number of nitrogens with one attached hydrogen (secondary N) is 1. The molecule has 0 spiro atoms. The summed E-state index contributed by atoms with van der Waals surface area (Å²) >= 11 is 0. The van der Waals surface area contributed by atoms with Crippen LogP contribution in [-0.4, -0.2) is 32.1 Å². The van der Waals surface area contributed by atoms with Crippen molar-refractivity contribution in [3.63, 3.8) is 0 Å². The Balaban J connectivity index is 2.24. The van der Waals surface area contributed by atoms with Gasteiger partial charge in [-0.15, -0.1) is 0 Å². The number of benzene rings is 2. The van der Waals surface area contributed by atoms with Gasteiger partial charge in [-0.3, -0.25) is 9.59 Å². The topological polar surface area (TPSA) is 77.6 Å². The summed E-state index contributed by atoms with van der Waals surface area (Å²) in [4.78, 5) is 28.9. The Morgan fingerprint density at radius 2 is 1.52 bits per heavy atom. The minimum Gasteiger partial charge on any atom is -0.493 e. The van der Waals surface area contributed by atoms with Gasteiger partial charge in [0.25, 0.3) is 5.56 Å². The van der Waals surface area contributed by atoms with Gasteiger partial charge < -0.3 is 19.2 Å². The molecule has 6 nitrogen and oxygen atoms in total. The molecule has 1 heterocycles. The fourth-order valence-electron chi connectivity index (χ4n) is 3.52. The van der Waals surface area contributed by atoms with Crippen LogP contribution in [0.1, 0.15) is 32.7 Å². The molecule has 3 rings (SSSR count). The van der Waals surface area contributed by atoms with Gasteiger partial charge >= 0.3 is 0 Å². The number of hydrogen-bond donors (Lipinski definition) is 1. The molecule has 2 aromatic carbocycles. The molecule has 0 saturated heterocycles. The van der Waals surface area contributed by atoms with E-state index >= 15 is 0 Å². The second-order valence-electron chi connectivity index (χ2n) is 7.05. The van der Waals surface area contributed by atoms with E-state index < -0.39 is 5.56 Å². The van der Waals surface area contributed by atoms with Crippen LogP contribution in [0.3, 0.4) is 0 Å². The number of methoxy groups -OCH3 is 3. The zero-order valence-electron chi connectivity index (χ0n) is 18.2. The van der Waals surface area contributed by atoms with Crippen molar-refractivity contribution < 1.29 is 19.0 Å². The number of rotatable bonds is 7. The second kappa shape index (κ2) is 9.34. The van der Waals surface area contributed by atoms with Crippen LogP contribution in [0.2, 0.25) is 0 Å². The van der Waals surface area contributed by atoms with Crippen LogP contribution >= 0.6 is 0 Å². The average molecular weight is 419 g/mol. The molecule has 0 saturated carbocycles. The van der Waals surface area contributed by atoms with Gasteiger partial charge in [0, 0.05) is 11.3 Å². The SMILES string of the molecule is COc1cc(/C=C(/C(=O)c2c(C)cc(C)[nH]c2=O)c2ccccc2)cc(OC)c1OC.